The van der Waals surface area contributed by atoms with Gasteiger partial charge in [-0.2, -0.15) is 5.26 Å². The van der Waals surface area contributed by atoms with Gasteiger partial charge in [-0.25, -0.2) is 0 Å². The topological polar surface area (TPSA) is 40.9 Å². The van der Waals surface area contributed by atoms with Gasteiger partial charge in [0.15, 0.2) is 0 Å². The molecule has 3 fully saturated rings. The van der Waals surface area contributed by atoms with Gasteiger partial charge in [0.05, 0.1) is 11.5 Å². The zero-order valence-electron chi connectivity index (χ0n) is 7.62. The molecule has 13 heavy (non-hydrogen) atoms. The predicted molar refractivity (Wildman–Crippen MR) is 46.6 cm³/mol. The molecular weight excluding hydrogens is 162 g/mol. The van der Waals surface area contributed by atoms with Crippen LogP contribution in [0.2, 0.25) is 0 Å². The van der Waals surface area contributed by atoms with Gasteiger partial charge in [-0.1, -0.05) is 0 Å². The van der Waals surface area contributed by atoms with Crippen molar-refractivity contribution in [3.63, 3.8) is 0 Å². The van der Waals surface area contributed by atoms with Crippen molar-refractivity contribution >= 4 is 5.78 Å². The summed E-state index contributed by atoms with van der Waals surface area (Å²) in [7, 11) is 0. The number of carbonyl (C=O) groups is 1. The summed E-state index contributed by atoms with van der Waals surface area (Å²) in [4.78, 5) is 11.7. The molecule has 3 rings (SSSR count). The second-order valence-corrected chi connectivity index (χ2v) is 5.10. The summed E-state index contributed by atoms with van der Waals surface area (Å²) in [6.07, 6.45) is 5.02. The van der Waals surface area contributed by atoms with E-state index < -0.39 is 0 Å². The van der Waals surface area contributed by atoms with Crippen LogP contribution in [0.3, 0.4) is 0 Å². The minimum Gasteiger partial charge on any atom is -0.299 e. The van der Waals surface area contributed by atoms with E-state index in [1.807, 2.05) is 0 Å². The predicted octanol–water partition coefficient (Wildman–Crippen LogP) is 1.91. The number of Topliss-reactive ketones (excluding diaryl/α,β-unsaturated/α-hetero) is 1. The van der Waals surface area contributed by atoms with Crippen LogP contribution in [-0.4, -0.2) is 5.78 Å². The first-order valence-electron chi connectivity index (χ1n) is 5.17. The molecule has 4 atom stereocenters. The molecule has 0 aromatic heterocycles. The third kappa shape index (κ3) is 0.802. The van der Waals surface area contributed by atoms with Crippen molar-refractivity contribution in [1.29, 1.82) is 5.26 Å². The van der Waals surface area contributed by atoms with E-state index in [1.54, 1.807) is 0 Å². The van der Waals surface area contributed by atoms with E-state index in [0.29, 0.717) is 17.6 Å². The third-order valence-electron chi connectivity index (χ3n) is 4.31. The van der Waals surface area contributed by atoms with Crippen molar-refractivity contribution in [3.8, 4) is 6.07 Å². The largest absolute Gasteiger partial charge is 0.299 e. The van der Waals surface area contributed by atoms with E-state index in [1.165, 1.54) is 6.42 Å². The number of ketones is 1. The number of nitrogens with zero attached hydrogens (tertiary/aromatic N) is 1. The Bertz CT molecular complexity index is 317. The summed E-state index contributed by atoms with van der Waals surface area (Å²) in [6, 6.07) is 2.45. The molecular formula is C11H13NO. The summed E-state index contributed by atoms with van der Waals surface area (Å²) in [6.45, 7) is 0. The summed E-state index contributed by atoms with van der Waals surface area (Å²) in [5, 5.41) is 9.21. The van der Waals surface area contributed by atoms with E-state index in [2.05, 4.69) is 6.07 Å². The Labute approximate surface area is 77.9 Å². The lowest BCUT2D eigenvalue weighted by Gasteiger charge is -2.39. The Morgan fingerprint density at radius 3 is 2.85 bits per heavy atom. The molecule has 0 saturated heterocycles. The fraction of sp³-hybridized carbons (Fsp3) is 0.818. The summed E-state index contributed by atoms with van der Waals surface area (Å²) >= 11 is 0. The van der Waals surface area contributed by atoms with Crippen LogP contribution in [0.15, 0.2) is 0 Å². The molecule has 3 aliphatic rings. The molecule has 0 spiro atoms. The average Bonchev–Trinajstić information content (AvgIpc) is 2.31. The highest BCUT2D eigenvalue weighted by Crippen LogP contribution is 2.60. The van der Waals surface area contributed by atoms with Crippen molar-refractivity contribution in [2.75, 3.05) is 0 Å². The molecule has 0 radical (unpaired) electrons. The molecule has 68 valence electrons. The second kappa shape index (κ2) is 2.15. The zero-order valence-corrected chi connectivity index (χ0v) is 7.62. The van der Waals surface area contributed by atoms with Crippen LogP contribution in [-0.2, 0) is 4.79 Å². The van der Waals surface area contributed by atoms with Crippen molar-refractivity contribution in [2.24, 2.45) is 23.2 Å². The molecule has 0 aliphatic heterocycles. The maximum Gasteiger partial charge on any atom is 0.137 e. The second-order valence-electron chi connectivity index (χ2n) is 5.10. The minimum atomic E-state index is -0.219. The molecule has 0 amide bonds. The number of carbonyl (C=O) groups excluding carboxylic acids is 1. The summed E-state index contributed by atoms with van der Waals surface area (Å²) in [5.74, 6) is 1.73. The molecule has 0 heterocycles. The Hall–Kier alpha value is -0.840. The first-order chi connectivity index (χ1) is 6.23. The van der Waals surface area contributed by atoms with Gasteiger partial charge in [0.1, 0.15) is 5.78 Å². The van der Waals surface area contributed by atoms with Gasteiger partial charge in [0.25, 0.3) is 0 Å². The standard InChI is InChI=1S/C11H13NO/c12-6-11-4-7-1-8(5-11)3-10(13)9(11)2-7/h7-9H,1-5H2. The van der Waals surface area contributed by atoms with Crippen LogP contribution in [0, 0.1) is 34.5 Å². The van der Waals surface area contributed by atoms with E-state index in [9.17, 15) is 10.1 Å². The normalized spacial score (nSPS) is 52.2. The van der Waals surface area contributed by atoms with Gasteiger partial charge in [-0.15, -0.1) is 0 Å². The van der Waals surface area contributed by atoms with Gasteiger partial charge >= 0.3 is 0 Å². The van der Waals surface area contributed by atoms with Crippen LogP contribution >= 0.6 is 0 Å². The van der Waals surface area contributed by atoms with Crippen molar-refractivity contribution in [3.05, 3.63) is 0 Å². The van der Waals surface area contributed by atoms with E-state index in [-0.39, 0.29) is 11.3 Å². The number of rotatable bonds is 0. The monoisotopic (exact) mass is 175 g/mol. The molecule has 0 aromatic carbocycles. The Morgan fingerprint density at radius 1 is 1.31 bits per heavy atom. The molecule has 0 N–H and O–H groups in total. The lowest BCUT2D eigenvalue weighted by atomic mass is 9.62. The van der Waals surface area contributed by atoms with Gasteiger partial charge in [-0.05, 0) is 37.5 Å². The molecule has 3 aliphatic carbocycles. The molecule has 4 unspecified atom stereocenters. The summed E-state index contributed by atoms with van der Waals surface area (Å²) in [5.41, 5.74) is -0.219. The highest BCUT2D eigenvalue weighted by Gasteiger charge is 2.58. The highest BCUT2D eigenvalue weighted by atomic mass is 16.1. The number of fused-ring (bicyclic) bond motifs is 2. The summed E-state index contributed by atoms with van der Waals surface area (Å²) < 4.78 is 0. The fourth-order valence-corrected chi connectivity index (χ4v) is 3.97. The highest BCUT2D eigenvalue weighted by molar-refractivity contribution is 5.84. The maximum atomic E-state index is 11.7. The van der Waals surface area contributed by atoms with Crippen molar-refractivity contribution in [1.82, 2.24) is 0 Å². The van der Waals surface area contributed by atoms with Crippen LogP contribution in [0.4, 0.5) is 0 Å². The van der Waals surface area contributed by atoms with Gasteiger partial charge in [-0.3, -0.25) is 4.79 Å². The SMILES string of the molecule is N#CC12CC3CC(=O)C1CC(C3)C2. The van der Waals surface area contributed by atoms with E-state index in [4.69, 9.17) is 0 Å². The van der Waals surface area contributed by atoms with Crippen LogP contribution < -0.4 is 0 Å². The Balaban J connectivity index is 2.09. The molecule has 3 saturated carbocycles. The minimum absolute atomic E-state index is 0.112. The maximum absolute atomic E-state index is 11.7. The lowest BCUT2D eigenvalue weighted by molar-refractivity contribution is -0.129. The first-order valence-corrected chi connectivity index (χ1v) is 5.17. The van der Waals surface area contributed by atoms with Crippen LogP contribution in [0.25, 0.3) is 0 Å². The lowest BCUT2D eigenvalue weighted by Crippen LogP contribution is -2.39. The molecule has 2 heteroatoms. The average molecular weight is 175 g/mol. The number of hydrogen-bond donors (Lipinski definition) is 0. The van der Waals surface area contributed by atoms with Crippen molar-refractivity contribution < 1.29 is 4.79 Å². The zero-order chi connectivity index (χ0) is 9.05. The smallest absolute Gasteiger partial charge is 0.137 e. The quantitative estimate of drug-likeness (QED) is 0.564. The molecule has 2 nitrogen and oxygen atoms in total. The number of nitriles is 1. The van der Waals surface area contributed by atoms with Crippen LogP contribution in [0.5, 0.6) is 0 Å². The molecule has 0 aromatic rings. The van der Waals surface area contributed by atoms with Gasteiger partial charge in [0.2, 0.25) is 0 Å². The van der Waals surface area contributed by atoms with Gasteiger partial charge < -0.3 is 0 Å². The first kappa shape index (κ1) is 7.55. The Kier molecular flexibility index (Phi) is 1.25. The molecule has 3 bridgehead atoms. The van der Waals surface area contributed by atoms with E-state index in [0.717, 1.165) is 25.7 Å². The Morgan fingerprint density at radius 2 is 2.08 bits per heavy atom. The van der Waals surface area contributed by atoms with Crippen molar-refractivity contribution in [2.45, 2.75) is 32.1 Å². The third-order valence-corrected chi connectivity index (χ3v) is 4.31. The van der Waals surface area contributed by atoms with Gasteiger partial charge in [0, 0.05) is 12.3 Å². The van der Waals surface area contributed by atoms with Crippen LogP contribution in [0.1, 0.15) is 32.1 Å². The number of hydrogen-bond acceptors (Lipinski definition) is 2. The van der Waals surface area contributed by atoms with E-state index >= 15 is 0 Å². The fourth-order valence-electron chi connectivity index (χ4n) is 3.97.